The Labute approximate surface area is 196 Å². The van der Waals surface area contributed by atoms with Crippen LogP contribution in [0.15, 0.2) is 41.3 Å². The number of methoxy groups -OCH3 is 2. The summed E-state index contributed by atoms with van der Waals surface area (Å²) in [6.07, 6.45) is 6.17. The summed E-state index contributed by atoms with van der Waals surface area (Å²) in [5.74, 6) is 0.437. The highest BCUT2D eigenvalue weighted by Gasteiger charge is 2.37. The van der Waals surface area contributed by atoms with E-state index in [2.05, 4.69) is 13.8 Å². The minimum atomic E-state index is -3.68. The van der Waals surface area contributed by atoms with Crippen LogP contribution in [0.25, 0.3) is 0 Å². The molecule has 0 amide bonds. The summed E-state index contributed by atoms with van der Waals surface area (Å²) in [7, 11) is -0.644. The fourth-order valence-corrected chi connectivity index (χ4v) is 4.67. The Hall–Kier alpha value is -2.68. The number of hydrogen-bond donors (Lipinski definition) is 1. The second-order valence-corrected chi connectivity index (χ2v) is 10.3. The van der Waals surface area contributed by atoms with Gasteiger partial charge in [0.15, 0.2) is 9.84 Å². The number of unbranched alkanes of at least 4 members (excludes halogenated alkanes) is 2. The van der Waals surface area contributed by atoms with Crippen LogP contribution >= 0.6 is 0 Å². The third kappa shape index (κ3) is 7.15. The summed E-state index contributed by atoms with van der Waals surface area (Å²) in [5, 5.41) is 8.59. The Morgan fingerprint density at radius 1 is 1.03 bits per heavy atom. The van der Waals surface area contributed by atoms with Crippen molar-refractivity contribution in [3.63, 3.8) is 0 Å². The van der Waals surface area contributed by atoms with Gasteiger partial charge < -0.3 is 24.2 Å². The molecule has 0 aliphatic heterocycles. The van der Waals surface area contributed by atoms with E-state index in [1.807, 2.05) is 4.90 Å². The van der Waals surface area contributed by atoms with Gasteiger partial charge in [0.2, 0.25) is 0 Å². The summed E-state index contributed by atoms with van der Waals surface area (Å²) in [5.41, 5.74) is 0.548. The molecular formula is C24H35NO7S. The molecule has 2 rings (SSSR count). The molecule has 0 saturated carbocycles. The van der Waals surface area contributed by atoms with Crippen molar-refractivity contribution in [3.8, 4) is 17.2 Å². The van der Waals surface area contributed by atoms with Crippen molar-refractivity contribution in [2.75, 3.05) is 33.6 Å². The molecule has 1 aliphatic carbocycles. The normalized spacial score (nSPS) is 16.3. The lowest BCUT2D eigenvalue weighted by Crippen LogP contribution is -2.36. The topological polar surface area (TPSA) is 102 Å². The van der Waals surface area contributed by atoms with E-state index in [-0.39, 0.29) is 17.8 Å². The smallest absolute Gasteiger partial charge is 0.331 e. The lowest BCUT2D eigenvalue weighted by Gasteiger charge is -2.33. The number of rotatable bonds is 13. The van der Waals surface area contributed by atoms with Crippen LogP contribution in [0.3, 0.4) is 0 Å². The zero-order chi connectivity index (χ0) is 24.6. The number of allylic oxidation sites excluding steroid dienone is 1. The molecule has 184 valence electrons. The monoisotopic (exact) mass is 481 g/mol. The maximum Gasteiger partial charge on any atom is 0.331 e. The summed E-state index contributed by atoms with van der Waals surface area (Å²) < 4.78 is 42.4. The van der Waals surface area contributed by atoms with Crippen LogP contribution in [0.5, 0.6) is 17.2 Å². The molecule has 1 aliphatic rings. The minimum Gasteiger partial charge on any atom is -0.496 e. The van der Waals surface area contributed by atoms with E-state index >= 15 is 0 Å². The van der Waals surface area contributed by atoms with Crippen LogP contribution < -0.4 is 14.2 Å². The summed E-state index contributed by atoms with van der Waals surface area (Å²) in [4.78, 5) is 13.9. The van der Waals surface area contributed by atoms with E-state index in [1.165, 1.54) is 14.2 Å². The fourth-order valence-electron chi connectivity index (χ4n) is 3.63. The predicted molar refractivity (Wildman–Crippen MR) is 128 cm³/mol. The van der Waals surface area contributed by atoms with Gasteiger partial charge in [-0.05, 0) is 18.9 Å². The van der Waals surface area contributed by atoms with Gasteiger partial charge in [-0.15, -0.1) is 0 Å². The molecule has 9 heteroatoms. The first-order valence-corrected chi connectivity index (χ1v) is 13.1. The number of aliphatic carboxylic acids is 1. The van der Waals surface area contributed by atoms with Crippen LogP contribution in [-0.4, -0.2) is 63.2 Å². The molecule has 0 saturated heterocycles. The molecule has 1 atom stereocenters. The first-order chi connectivity index (χ1) is 15.6. The van der Waals surface area contributed by atoms with Crippen LogP contribution in [-0.2, 0) is 14.6 Å². The largest absolute Gasteiger partial charge is 0.496 e. The maximum absolute atomic E-state index is 12.8. The first-order valence-electron chi connectivity index (χ1n) is 11.2. The summed E-state index contributed by atoms with van der Waals surface area (Å²) >= 11 is 0. The molecule has 0 radical (unpaired) electrons. The van der Waals surface area contributed by atoms with Gasteiger partial charge in [-0.3, -0.25) is 0 Å². The Kier molecular flexibility index (Phi) is 9.64. The highest BCUT2D eigenvalue weighted by molar-refractivity contribution is 7.91. The lowest BCUT2D eigenvalue weighted by atomic mass is 9.99. The molecule has 1 aromatic carbocycles. The van der Waals surface area contributed by atoms with Crippen molar-refractivity contribution >= 4 is 15.8 Å². The standard InChI is InChI=1S/C24H35NO7S/c1-6-8-10-25(11-9-7-2)21-12-17(24(26)27)13-22(33(5,28)29)23(21)32-20-15-18(30-3)14-19(16-20)31-4/h12,14-16,22H,6-11,13H2,1-5H3,(H,26,27). The van der Waals surface area contributed by atoms with E-state index in [9.17, 15) is 18.3 Å². The van der Waals surface area contributed by atoms with Crippen LogP contribution in [0, 0.1) is 0 Å². The second kappa shape index (κ2) is 12.0. The van der Waals surface area contributed by atoms with Crippen LogP contribution in [0.2, 0.25) is 0 Å². The third-order valence-electron chi connectivity index (χ3n) is 5.51. The van der Waals surface area contributed by atoms with Gasteiger partial charge in [0.1, 0.15) is 28.3 Å². The summed E-state index contributed by atoms with van der Waals surface area (Å²) in [6, 6.07) is 4.98. The van der Waals surface area contributed by atoms with Crippen molar-refractivity contribution in [1.29, 1.82) is 0 Å². The van der Waals surface area contributed by atoms with Gasteiger partial charge in [-0.2, -0.15) is 0 Å². The number of ether oxygens (including phenoxy) is 3. The quantitative estimate of drug-likeness (QED) is 0.451. The molecule has 0 fully saturated rings. The first kappa shape index (κ1) is 26.6. The van der Waals surface area contributed by atoms with E-state index in [0.29, 0.717) is 36.0 Å². The Bertz CT molecular complexity index is 968. The molecule has 0 spiro atoms. The van der Waals surface area contributed by atoms with Crippen LogP contribution in [0.4, 0.5) is 0 Å². The zero-order valence-electron chi connectivity index (χ0n) is 20.1. The summed E-state index contributed by atoms with van der Waals surface area (Å²) in [6.45, 7) is 5.48. The second-order valence-electron chi connectivity index (χ2n) is 8.09. The average molecular weight is 482 g/mol. The zero-order valence-corrected chi connectivity index (χ0v) is 20.9. The molecule has 1 aromatic rings. The Morgan fingerprint density at radius 2 is 1.55 bits per heavy atom. The van der Waals surface area contributed by atoms with Crippen molar-refractivity contribution in [3.05, 3.63) is 41.3 Å². The number of nitrogens with zero attached hydrogens (tertiary/aromatic N) is 1. The van der Waals surface area contributed by atoms with Crippen molar-refractivity contribution in [2.24, 2.45) is 0 Å². The molecule has 33 heavy (non-hydrogen) atoms. The average Bonchev–Trinajstić information content (AvgIpc) is 2.78. The molecule has 0 aromatic heterocycles. The maximum atomic E-state index is 12.8. The molecule has 0 bridgehead atoms. The van der Waals surface area contributed by atoms with Crippen molar-refractivity contribution < 1.29 is 32.5 Å². The minimum absolute atomic E-state index is 0.0500. The van der Waals surface area contributed by atoms with Crippen LogP contribution in [0.1, 0.15) is 46.0 Å². The highest BCUT2D eigenvalue weighted by atomic mass is 32.2. The molecule has 8 nitrogen and oxygen atoms in total. The lowest BCUT2D eigenvalue weighted by molar-refractivity contribution is -0.132. The number of benzene rings is 1. The van der Waals surface area contributed by atoms with Crippen molar-refractivity contribution in [1.82, 2.24) is 4.90 Å². The molecule has 1 unspecified atom stereocenters. The number of hydrogen-bond acceptors (Lipinski definition) is 7. The molecular weight excluding hydrogens is 446 g/mol. The number of sulfone groups is 1. The van der Waals surface area contributed by atoms with Gasteiger partial charge in [0.25, 0.3) is 0 Å². The van der Waals surface area contributed by atoms with Gasteiger partial charge in [0.05, 0.1) is 19.9 Å². The highest BCUT2D eigenvalue weighted by Crippen LogP contribution is 2.36. The number of carboxylic acids is 1. The van der Waals surface area contributed by atoms with Gasteiger partial charge in [-0.25, -0.2) is 13.2 Å². The SMILES string of the molecule is CCCCN(CCCC)C1=C(Oc2cc(OC)cc(OC)c2)C(S(C)(=O)=O)CC(C(=O)O)=C1. The van der Waals surface area contributed by atoms with E-state index in [1.54, 1.807) is 24.3 Å². The Balaban J connectivity index is 2.71. The van der Waals surface area contributed by atoms with E-state index in [4.69, 9.17) is 14.2 Å². The van der Waals surface area contributed by atoms with Gasteiger partial charge >= 0.3 is 5.97 Å². The fraction of sp³-hybridized carbons (Fsp3) is 0.542. The molecule has 1 N–H and O–H groups in total. The number of carbonyl (C=O) groups is 1. The number of carboxylic acid groups (broad SMARTS) is 1. The Morgan fingerprint density at radius 3 is 1.97 bits per heavy atom. The third-order valence-corrected chi connectivity index (χ3v) is 6.92. The van der Waals surface area contributed by atoms with E-state index < -0.39 is 21.1 Å². The van der Waals surface area contributed by atoms with Crippen molar-refractivity contribution in [2.45, 2.75) is 51.2 Å². The predicted octanol–water partition coefficient (Wildman–Crippen LogP) is 4.02. The van der Waals surface area contributed by atoms with Gasteiger partial charge in [-0.1, -0.05) is 26.7 Å². The van der Waals surface area contributed by atoms with Gasteiger partial charge in [0, 0.05) is 49.5 Å². The van der Waals surface area contributed by atoms with E-state index in [0.717, 1.165) is 31.9 Å². The molecule has 0 heterocycles.